The number of alkyl halides is 6. The van der Waals surface area contributed by atoms with Crippen LogP contribution in [-0.4, -0.2) is 74.8 Å². The number of carbonyl (C=O) groups is 2. The van der Waals surface area contributed by atoms with Crippen molar-refractivity contribution in [3.63, 3.8) is 0 Å². The normalized spacial score (nSPS) is 21.4. The Balaban J connectivity index is 1.51. The summed E-state index contributed by atoms with van der Waals surface area (Å²) in [7, 11) is 0. The van der Waals surface area contributed by atoms with Gasteiger partial charge in [0.15, 0.2) is 6.23 Å². The van der Waals surface area contributed by atoms with Gasteiger partial charge in [0.2, 0.25) is 5.60 Å². The highest BCUT2D eigenvalue weighted by Crippen LogP contribution is 2.46. The van der Waals surface area contributed by atoms with Gasteiger partial charge in [0, 0.05) is 42.8 Å². The maximum Gasteiger partial charge on any atom is 0.425 e. The predicted molar refractivity (Wildman–Crippen MR) is 188 cm³/mol. The Morgan fingerprint density at radius 2 is 1.75 bits per heavy atom. The molecule has 0 bridgehead atoms. The van der Waals surface area contributed by atoms with Gasteiger partial charge in [-0.25, -0.2) is 0 Å². The number of aliphatic hydroxyl groups is 1. The van der Waals surface area contributed by atoms with Crippen LogP contribution in [0.25, 0.3) is 0 Å². The maximum atomic E-state index is 15.0. The second-order valence-corrected chi connectivity index (χ2v) is 15.5. The van der Waals surface area contributed by atoms with Crippen molar-refractivity contribution in [3.05, 3.63) is 75.7 Å². The first-order valence-electron chi connectivity index (χ1n) is 17.8. The average Bonchev–Trinajstić information content (AvgIpc) is 3.63. The van der Waals surface area contributed by atoms with Crippen molar-refractivity contribution in [3.8, 4) is 17.6 Å². The number of amides is 1. The average molecular weight is 797 g/mol. The Labute approximate surface area is 318 Å². The molecule has 1 aromatic carbocycles. The zero-order valence-electron chi connectivity index (χ0n) is 30.4. The van der Waals surface area contributed by atoms with Crippen LogP contribution in [0, 0.1) is 16.7 Å². The fourth-order valence-electron chi connectivity index (χ4n) is 7.35. The number of aliphatic carboxylic acids is 1. The third-order valence-electron chi connectivity index (χ3n) is 10.4. The van der Waals surface area contributed by atoms with Crippen molar-refractivity contribution >= 4 is 23.2 Å². The van der Waals surface area contributed by atoms with E-state index < -0.39 is 69.1 Å². The van der Waals surface area contributed by atoms with E-state index in [2.05, 4.69) is 11.1 Å². The van der Waals surface area contributed by atoms with Crippen LogP contribution < -0.4 is 9.47 Å². The smallest absolute Gasteiger partial charge is 0.425 e. The molecule has 17 heteroatoms. The number of nitriles is 1. The number of thiophene rings is 1. The summed E-state index contributed by atoms with van der Waals surface area (Å²) in [6.45, 7) is 4.59. The molecule has 2 N–H and O–H groups in total. The number of likely N-dealkylation sites (tertiary alicyclic amines) is 2. The minimum absolute atomic E-state index is 0.0102. The monoisotopic (exact) mass is 796 g/mol. The third-order valence-corrected chi connectivity index (χ3v) is 11.3. The Morgan fingerprint density at radius 3 is 2.35 bits per heavy atom. The SMILES string of the molecule is CCC[C@H]1N(C(O)c2ncccc2C(F)(F)F)CCC[C@@]1(Oc1csc(C(F)(F)F)c1)C(=O)N1CCC(C#N)(c2ccccc2OCC(C)(C)C(=O)O)CC1. The maximum absolute atomic E-state index is 15.0. The lowest BCUT2D eigenvalue weighted by molar-refractivity contribution is -0.175. The van der Waals surface area contributed by atoms with E-state index in [0.29, 0.717) is 29.1 Å². The number of hydrogen-bond acceptors (Lipinski definition) is 9. The van der Waals surface area contributed by atoms with E-state index in [1.165, 1.54) is 23.6 Å². The van der Waals surface area contributed by atoms with E-state index in [-0.39, 0.29) is 64.1 Å². The minimum Gasteiger partial charge on any atom is -0.492 e. The van der Waals surface area contributed by atoms with Crippen molar-refractivity contribution in [2.75, 3.05) is 26.2 Å². The topological polar surface area (TPSA) is 136 Å². The summed E-state index contributed by atoms with van der Waals surface area (Å²) in [4.78, 5) is 32.4. The quantitative estimate of drug-likeness (QED) is 0.176. The summed E-state index contributed by atoms with van der Waals surface area (Å²) in [6.07, 6.45) is -9.65. The van der Waals surface area contributed by atoms with Gasteiger partial charge in [-0.15, -0.1) is 11.3 Å². The summed E-state index contributed by atoms with van der Waals surface area (Å²) in [5.74, 6) is -1.66. The lowest BCUT2D eigenvalue weighted by Crippen LogP contribution is -2.68. The second-order valence-electron chi connectivity index (χ2n) is 14.5. The molecule has 0 aliphatic carbocycles. The van der Waals surface area contributed by atoms with Crippen molar-refractivity contribution in [2.45, 2.75) is 94.9 Å². The molecule has 0 spiro atoms. The van der Waals surface area contributed by atoms with Crippen LogP contribution in [0.3, 0.4) is 0 Å². The van der Waals surface area contributed by atoms with Crippen LogP contribution in [0.15, 0.2) is 54.0 Å². The zero-order valence-corrected chi connectivity index (χ0v) is 31.2. The van der Waals surface area contributed by atoms with Gasteiger partial charge in [0.25, 0.3) is 5.91 Å². The summed E-state index contributed by atoms with van der Waals surface area (Å²) in [5.41, 5.74) is -5.72. The van der Waals surface area contributed by atoms with Crippen LogP contribution in [0.2, 0.25) is 0 Å². The minimum atomic E-state index is -4.87. The van der Waals surface area contributed by atoms with E-state index in [1.54, 1.807) is 31.2 Å². The van der Waals surface area contributed by atoms with Gasteiger partial charge < -0.3 is 24.6 Å². The molecule has 0 radical (unpaired) electrons. The molecule has 1 unspecified atom stereocenters. The first-order valence-corrected chi connectivity index (χ1v) is 18.6. The molecule has 2 saturated heterocycles. The fraction of sp³-hybridized carbons (Fsp3) is 0.526. The molecular formula is C38H42F6N4O6S. The molecule has 1 amide bonds. The molecule has 2 aliphatic rings. The molecule has 0 saturated carbocycles. The molecule has 3 aromatic rings. The number of carboxylic acid groups (broad SMARTS) is 1. The number of halogens is 6. The predicted octanol–water partition coefficient (Wildman–Crippen LogP) is 7.83. The number of rotatable bonds is 12. The molecule has 298 valence electrons. The molecule has 55 heavy (non-hydrogen) atoms. The highest BCUT2D eigenvalue weighted by molar-refractivity contribution is 7.10. The van der Waals surface area contributed by atoms with E-state index in [0.717, 1.165) is 29.8 Å². The number of para-hydroxylation sites is 1. The Kier molecular flexibility index (Phi) is 12.1. The number of carbonyl (C=O) groups excluding carboxylic acids is 1. The van der Waals surface area contributed by atoms with Crippen molar-refractivity contribution < 1.29 is 55.6 Å². The number of ether oxygens (including phenoxy) is 2. The van der Waals surface area contributed by atoms with E-state index >= 15 is 0 Å². The highest BCUT2D eigenvalue weighted by Gasteiger charge is 2.57. The second kappa shape index (κ2) is 16.0. The fourth-order valence-corrected chi connectivity index (χ4v) is 8.03. The van der Waals surface area contributed by atoms with E-state index in [4.69, 9.17) is 9.47 Å². The molecule has 2 aliphatic heterocycles. The summed E-state index contributed by atoms with van der Waals surface area (Å²) >= 11 is 0.370. The van der Waals surface area contributed by atoms with Crippen molar-refractivity contribution in [1.29, 1.82) is 5.26 Å². The molecule has 2 fully saturated rings. The summed E-state index contributed by atoms with van der Waals surface area (Å²) in [5, 5.41) is 32.9. The molecule has 4 heterocycles. The van der Waals surface area contributed by atoms with Crippen molar-refractivity contribution in [2.24, 2.45) is 5.41 Å². The van der Waals surface area contributed by atoms with Crippen molar-refractivity contribution in [1.82, 2.24) is 14.8 Å². The Bertz CT molecular complexity index is 1890. The lowest BCUT2D eigenvalue weighted by Gasteiger charge is -2.52. The molecule has 3 atom stereocenters. The van der Waals surface area contributed by atoms with Crippen LogP contribution in [0.1, 0.15) is 87.2 Å². The number of carboxylic acids is 1. The highest BCUT2D eigenvalue weighted by atomic mass is 32.1. The van der Waals surface area contributed by atoms with E-state index in [1.807, 2.05) is 0 Å². The number of aromatic nitrogens is 1. The van der Waals surface area contributed by atoms with Gasteiger partial charge in [-0.1, -0.05) is 31.5 Å². The van der Waals surface area contributed by atoms with Gasteiger partial charge >= 0.3 is 18.3 Å². The number of benzene rings is 1. The molecule has 2 aromatic heterocycles. The number of hydrogen-bond donors (Lipinski definition) is 2. The number of nitrogens with zero attached hydrogens (tertiary/aromatic N) is 4. The standard InChI is InChI=1S/C38H42F6N4O6S/c1-4-9-28-36(54-24-20-29(55-21-24)38(42,43)44,13-8-17-48(28)31(49)30-26(37(39,40)41)11-7-16-46-30)32(50)47-18-14-35(22-45,15-19-47)25-10-5-6-12-27(25)53-23-34(2,3)33(51)52/h5-7,10-12,16,20-21,28,31,49H,4,8-9,13-15,17-19,23H2,1-3H3,(H,51,52)/t28-,31?,36+/m1/s1. The van der Waals surface area contributed by atoms with Crippen LogP contribution >= 0.6 is 11.3 Å². The zero-order chi connectivity index (χ0) is 40.4. The largest absolute Gasteiger partial charge is 0.492 e. The van der Waals surface area contributed by atoms with Gasteiger partial charge in [0.1, 0.15) is 23.0 Å². The summed E-state index contributed by atoms with van der Waals surface area (Å²) in [6, 6.07) is 10.6. The molecule has 5 rings (SSSR count). The van der Waals surface area contributed by atoms with Crippen LogP contribution in [-0.2, 0) is 27.4 Å². The first kappa shape index (κ1) is 41.8. The molecule has 10 nitrogen and oxygen atoms in total. The lowest BCUT2D eigenvalue weighted by atomic mass is 9.72. The third kappa shape index (κ3) is 8.56. The van der Waals surface area contributed by atoms with Gasteiger partial charge in [-0.3, -0.25) is 19.5 Å². The van der Waals surface area contributed by atoms with Crippen LogP contribution in [0.4, 0.5) is 26.3 Å². The number of pyridine rings is 1. The van der Waals surface area contributed by atoms with Gasteiger partial charge in [0.05, 0.1) is 34.2 Å². The van der Waals surface area contributed by atoms with Gasteiger partial charge in [-0.05, 0) is 64.2 Å². The Hall–Kier alpha value is -4.40. The van der Waals surface area contributed by atoms with Crippen LogP contribution in [0.5, 0.6) is 11.5 Å². The summed E-state index contributed by atoms with van der Waals surface area (Å²) < 4.78 is 95.7. The Morgan fingerprint density at radius 1 is 1.05 bits per heavy atom. The first-order chi connectivity index (χ1) is 25.8. The number of piperidine rings is 2. The van der Waals surface area contributed by atoms with Gasteiger partial charge in [-0.2, -0.15) is 31.6 Å². The van der Waals surface area contributed by atoms with E-state index in [9.17, 15) is 51.4 Å². The number of aliphatic hydroxyl groups excluding tert-OH is 1. The molecular weight excluding hydrogens is 754 g/mol.